The van der Waals surface area contributed by atoms with Crippen molar-refractivity contribution in [3.05, 3.63) is 30.6 Å². The third-order valence-corrected chi connectivity index (χ3v) is 5.39. The molecule has 0 radical (unpaired) electrons. The molecule has 4 rings (SSSR count). The number of anilines is 1. The van der Waals surface area contributed by atoms with Crippen LogP contribution in [-0.2, 0) is 4.79 Å². The molecule has 2 aromatic rings. The fourth-order valence-electron chi connectivity index (χ4n) is 3.99. The first-order valence-corrected chi connectivity index (χ1v) is 9.06. The molecule has 1 amide bonds. The van der Waals surface area contributed by atoms with Crippen molar-refractivity contribution in [3.63, 3.8) is 0 Å². The van der Waals surface area contributed by atoms with Crippen molar-refractivity contribution in [1.82, 2.24) is 15.3 Å². The summed E-state index contributed by atoms with van der Waals surface area (Å²) in [6.07, 6.45) is 8.24. The van der Waals surface area contributed by atoms with E-state index in [0.29, 0.717) is 6.04 Å². The molecule has 0 atom stereocenters. The lowest BCUT2D eigenvalue weighted by atomic mass is 9.95. The van der Waals surface area contributed by atoms with Crippen LogP contribution in [0.5, 0.6) is 0 Å². The second kappa shape index (κ2) is 6.75. The Morgan fingerprint density at radius 2 is 1.79 bits per heavy atom. The van der Waals surface area contributed by atoms with Gasteiger partial charge < -0.3 is 10.2 Å². The van der Waals surface area contributed by atoms with Gasteiger partial charge in [-0.15, -0.1) is 0 Å². The summed E-state index contributed by atoms with van der Waals surface area (Å²) in [4.78, 5) is 23.6. The smallest absolute Gasteiger partial charge is 0.223 e. The summed E-state index contributed by atoms with van der Waals surface area (Å²) in [6, 6.07) is 8.53. The van der Waals surface area contributed by atoms with Crippen molar-refractivity contribution >= 4 is 22.6 Å². The first-order valence-electron chi connectivity index (χ1n) is 9.06. The van der Waals surface area contributed by atoms with Crippen LogP contribution in [0.25, 0.3) is 10.9 Å². The Labute approximate surface area is 142 Å². The average molecular weight is 324 g/mol. The van der Waals surface area contributed by atoms with E-state index in [0.717, 1.165) is 55.5 Å². The van der Waals surface area contributed by atoms with E-state index in [2.05, 4.69) is 26.3 Å². The predicted octanol–water partition coefficient (Wildman–Crippen LogP) is 2.91. The van der Waals surface area contributed by atoms with Gasteiger partial charge in [-0.1, -0.05) is 25.0 Å². The number of carbonyl (C=O) groups excluding carboxylic acids is 1. The monoisotopic (exact) mass is 324 g/mol. The molecule has 5 heteroatoms. The maximum absolute atomic E-state index is 12.5. The Kier molecular flexibility index (Phi) is 4.32. The number of amides is 1. The maximum atomic E-state index is 12.5. The van der Waals surface area contributed by atoms with E-state index in [1.807, 2.05) is 18.2 Å². The molecular formula is C19H24N4O. The molecular weight excluding hydrogens is 300 g/mol. The van der Waals surface area contributed by atoms with Gasteiger partial charge in [-0.3, -0.25) is 4.79 Å². The lowest BCUT2D eigenvalue weighted by molar-refractivity contribution is -0.126. The molecule has 1 saturated heterocycles. The first kappa shape index (κ1) is 15.4. The lowest BCUT2D eigenvalue weighted by Crippen LogP contribution is -2.43. The zero-order chi connectivity index (χ0) is 16.4. The predicted molar refractivity (Wildman–Crippen MR) is 94.9 cm³/mol. The van der Waals surface area contributed by atoms with Gasteiger partial charge in [0, 0.05) is 30.4 Å². The molecule has 0 spiro atoms. The molecule has 1 aromatic carbocycles. The molecule has 1 aliphatic heterocycles. The van der Waals surface area contributed by atoms with Gasteiger partial charge in [-0.2, -0.15) is 0 Å². The highest BCUT2D eigenvalue weighted by molar-refractivity contribution is 5.89. The summed E-state index contributed by atoms with van der Waals surface area (Å²) in [6.45, 7) is 1.76. The normalized spacial score (nSPS) is 19.8. The zero-order valence-corrected chi connectivity index (χ0v) is 13.9. The second-order valence-electron chi connectivity index (χ2n) is 6.97. The van der Waals surface area contributed by atoms with Gasteiger partial charge >= 0.3 is 0 Å². The third kappa shape index (κ3) is 3.07. The van der Waals surface area contributed by atoms with Gasteiger partial charge in [0.05, 0.1) is 5.52 Å². The number of rotatable bonds is 3. The molecule has 5 nitrogen and oxygen atoms in total. The van der Waals surface area contributed by atoms with Crippen molar-refractivity contribution in [1.29, 1.82) is 0 Å². The lowest BCUT2D eigenvalue weighted by Gasteiger charge is -2.33. The second-order valence-corrected chi connectivity index (χ2v) is 6.97. The summed E-state index contributed by atoms with van der Waals surface area (Å²) in [5, 5.41) is 4.34. The molecule has 1 aliphatic carbocycles. The van der Waals surface area contributed by atoms with Crippen LogP contribution in [0.15, 0.2) is 30.6 Å². The molecule has 0 unspecified atom stereocenters. The summed E-state index contributed by atoms with van der Waals surface area (Å²) in [5.41, 5.74) is 0.976. The molecule has 1 aromatic heterocycles. The van der Waals surface area contributed by atoms with Crippen LogP contribution in [0.3, 0.4) is 0 Å². The Balaban J connectivity index is 1.41. The van der Waals surface area contributed by atoms with Gasteiger partial charge in [0.1, 0.15) is 12.1 Å². The van der Waals surface area contributed by atoms with Gasteiger partial charge in [0.15, 0.2) is 0 Å². The number of piperidine rings is 1. The molecule has 2 fully saturated rings. The number of benzene rings is 1. The fraction of sp³-hybridized carbons (Fsp3) is 0.526. The van der Waals surface area contributed by atoms with E-state index in [1.165, 1.54) is 12.8 Å². The summed E-state index contributed by atoms with van der Waals surface area (Å²) < 4.78 is 0. The largest absolute Gasteiger partial charge is 0.356 e. The Morgan fingerprint density at radius 3 is 2.58 bits per heavy atom. The Hall–Kier alpha value is -2.17. The van der Waals surface area contributed by atoms with Gasteiger partial charge in [0.2, 0.25) is 5.91 Å². The molecule has 2 aliphatic rings. The Bertz CT molecular complexity index is 713. The number of aromatic nitrogens is 2. The van der Waals surface area contributed by atoms with Crippen molar-refractivity contribution in [3.8, 4) is 0 Å². The van der Waals surface area contributed by atoms with Crippen molar-refractivity contribution in [2.24, 2.45) is 5.92 Å². The van der Waals surface area contributed by atoms with Crippen LogP contribution in [0.2, 0.25) is 0 Å². The molecule has 24 heavy (non-hydrogen) atoms. The number of hydrogen-bond acceptors (Lipinski definition) is 4. The highest BCUT2D eigenvalue weighted by Gasteiger charge is 2.28. The highest BCUT2D eigenvalue weighted by atomic mass is 16.1. The van der Waals surface area contributed by atoms with Gasteiger partial charge in [0.25, 0.3) is 0 Å². The van der Waals surface area contributed by atoms with Crippen LogP contribution in [0.1, 0.15) is 38.5 Å². The number of nitrogens with one attached hydrogen (secondary N) is 1. The highest BCUT2D eigenvalue weighted by Crippen LogP contribution is 2.27. The van der Waals surface area contributed by atoms with Crippen LogP contribution >= 0.6 is 0 Å². The minimum atomic E-state index is 0.148. The van der Waals surface area contributed by atoms with Crippen molar-refractivity contribution < 1.29 is 4.79 Å². The number of fused-ring (bicyclic) bond motifs is 1. The topological polar surface area (TPSA) is 58.1 Å². The number of nitrogens with zero attached hydrogens (tertiary/aromatic N) is 3. The minimum Gasteiger partial charge on any atom is -0.356 e. The number of hydrogen-bond donors (Lipinski definition) is 1. The molecule has 2 heterocycles. The van der Waals surface area contributed by atoms with E-state index in [-0.39, 0.29) is 11.8 Å². The maximum Gasteiger partial charge on any atom is 0.223 e. The van der Waals surface area contributed by atoms with E-state index in [9.17, 15) is 4.79 Å². The van der Waals surface area contributed by atoms with E-state index in [1.54, 1.807) is 6.33 Å². The molecule has 1 N–H and O–H groups in total. The molecule has 126 valence electrons. The van der Waals surface area contributed by atoms with Crippen LogP contribution in [0.4, 0.5) is 5.82 Å². The van der Waals surface area contributed by atoms with E-state index < -0.39 is 0 Å². The number of para-hydroxylation sites is 1. The quantitative estimate of drug-likeness (QED) is 0.943. The standard InChI is InChI=1S/C19H24N4O/c24-19(22-15-5-1-2-6-15)14-9-11-23(12-10-14)18-16-7-3-4-8-17(16)20-13-21-18/h3-4,7-8,13-15H,1-2,5-6,9-12H2,(H,22,24). The molecule has 1 saturated carbocycles. The number of carbonyl (C=O) groups is 1. The summed E-state index contributed by atoms with van der Waals surface area (Å²) in [7, 11) is 0. The molecule has 0 bridgehead atoms. The fourth-order valence-corrected chi connectivity index (χ4v) is 3.99. The van der Waals surface area contributed by atoms with E-state index >= 15 is 0 Å². The van der Waals surface area contributed by atoms with Crippen LogP contribution in [0, 0.1) is 5.92 Å². The van der Waals surface area contributed by atoms with Crippen molar-refractivity contribution in [2.75, 3.05) is 18.0 Å². The van der Waals surface area contributed by atoms with E-state index in [4.69, 9.17) is 0 Å². The Morgan fingerprint density at radius 1 is 1.04 bits per heavy atom. The summed E-state index contributed by atoms with van der Waals surface area (Å²) in [5.74, 6) is 1.40. The third-order valence-electron chi connectivity index (χ3n) is 5.39. The van der Waals surface area contributed by atoms with Crippen LogP contribution < -0.4 is 10.2 Å². The summed E-state index contributed by atoms with van der Waals surface area (Å²) >= 11 is 0. The van der Waals surface area contributed by atoms with Crippen molar-refractivity contribution in [2.45, 2.75) is 44.6 Å². The van der Waals surface area contributed by atoms with Gasteiger partial charge in [-0.25, -0.2) is 9.97 Å². The van der Waals surface area contributed by atoms with Gasteiger partial charge in [-0.05, 0) is 37.8 Å². The zero-order valence-electron chi connectivity index (χ0n) is 13.9. The average Bonchev–Trinajstić information content (AvgIpc) is 3.14. The SMILES string of the molecule is O=C(NC1CCCC1)C1CCN(c2ncnc3ccccc23)CC1. The first-order chi connectivity index (χ1) is 11.8. The minimum absolute atomic E-state index is 0.148. The van der Waals surface area contributed by atoms with Crippen LogP contribution in [-0.4, -0.2) is 35.0 Å².